The first-order chi connectivity index (χ1) is 11.0. The molecule has 2 heterocycles. The summed E-state index contributed by atoms with van der Waals surface area (Å²) in [4.78, 5) is 33.2. The van der Waals surface area contributed by atoms with Crippen molar-refractivity contribution < 1.29 is 9.53 Å². The van der Waals surface area contributed by atoms with E-state index in [0.29, 0.717) is 29.5 Å². The van der Waals surface area contributed by atoms with Crippen molar-refractivity contribution in [1.29, 1.82) is 0 Å². The third-order valence-electron chi connectivity index (χ3n) is 4.25. The van der Waals surface area contributed by atoms with Crippen LogP contribution < -0.4 is 10.9 Å². The standard InChI is InChI=1S/C16H26N4O3/c1-11-14(16(22)19-12(2)18-11)8-15(21)17-9-13-4-5-20(10-13)6-7-23-3/h13H,4-10H2,1-3H3,(H,17,21)(H,18,19,22). The molecule has 2 rings (SSSR count). The molecule has 0 bridgehead atoms. The number of aromatic amines is 1. The minimum absolute atomic E-state index is 0.0779. The number of hydrogen-bond donors (Lipinski definition) is 2. The molecule has 1 amide bonds. The van der Waals surface area contributed by atoms with Crippen LogP contribution in [-0.4, -0.2) is 60.7 Å². The monoisotopic (exact) mass is 322 g/mol. The van der Waals surface area contributed by atoms with Gasteiger partial charge in [-0.1, -0.05) is 0 Å². The van der Waals surface area contributed by atoms with Crippen LogP contribution in [0.3, 0.4) is 0 Å². The van der Waals surface area contributed by atoms with Gasteiger partial charge in [-0.25, -0.2) is 4.98 Å². The minimum atomic E-state index is -0.225. The molecule has 1 aliphatic rings. The zero-order valence-corrected chi connectivity index (χ0v) is 14.1. The van der Waals surface area contributed by atoms with E-state index in [1.165, 1.54) is 0 Å². The number of methoxy groups -OCH3 is 1. The van der Waals surface area contributed by atoms with Crippen molar-refractivity contribution in [2.24, 2.45) is 5.92 Å². The first-order valence-electron chi connectivity index (χ1n) is 8.04. The number of nitrogens with one attached hydrogen (secondary N) is 2. The Hall–Kier alpha value is -1.73. The van der Waals surface area contributed by atoms with Crippen molar-refractivity contribution in [2.75, 3.05) is 39.9 Å². The molecule has 1 aliphatic heterocycles. The van der Waals surface area contributed by atoms with Crippen molar-refractivity contribution in [3.8, 4) is 0 Å². The molecule has 7 heteroatoms. The summed E-state index contributed by atoms with van der Waals surface area (Å²) >= 11 is 0. The Balaban J connectivity index is 1.79. The molecule has 1 aromatic rings. The van der Waals surface area contributed by atoms with Gasteiger partial charge in [0.05, 0.1) is 13.0 Å². The fourth-order valence-corrected chi connectivity index (χ4v) is 2.94. The Morgan fingerprint density at radius 2 is 2.26 bits per heavy atom. The van der Waals surface area contributed by atoms with E-state index in [1.54, 1.807) is 21.0 Å². The molecule has 0 spiro atoms. The molecule has 1 atom stereocenters. The lowest BCUT2D eigenvalue weighted by Crippen LogP contribution is -2.34. The summed E-state index contributed by atoms with van der Waals surface area (Å²) in [6.07, 6.45) is 1.16. The summed E-state index contributed by atoms with van der Waals surface area (Å²) in [5, 5.41) is 2.94. The maximum atomic E-state index is 12.1. The zero-order chi connectivity index (χ0) is 16.8. The smallest absolute Gasteiger partial charge is 0.254 e. The number of H-pyrrole nitrogens is 1. The normalized spacial score (nSPS) is 18.3. The Bertz CT molecular complexity index is 599. The Kier molecular flexibility index (Phi) is 6.29. The molecule has 128 valence electrons. The number of likely N-dealkylation sites (tertiary alicyclic amines) is 1. The maximum absolute atomic E-state index is 12.1. The van der Waals surface area contributed by atoms with E-state index in [1.807, 2.05) is 0 Å². The third-order valence-corrected chi connectivity index (χ3v) is 4.25. The molecule has 7 nitrogen and oxygen atoms in total. The quantitative estimate of drug-likeness (QED) is 0.739. The predicted molar refractivity (Wildman–Crippen MR) is 87.5 cm³/mol. The summed E-state index contributed by atoms with van der Waals surface area (Å²) in [5.41, 5.74) is 0.839. The molecule has 0 aromatic carbocycles. The number of amides is 1. The lowest BCUT2D eigenvalue weighted by atomic mass is 10.1. The van der Waals surface area contributed by atoms with Gasteiger partial charge >= 0.3 is 0 Å². The fraction of sp³-hybridized carbons (Fsp3) is 0.688. The highest BCUT2D eigenvalue weighted by Crippen LogP contribution is 2.14. The Labute approximate surface area is 136 Å². The molecule has 1 fully saturated rings. The molecule has 1 unspecified atom stereocenters. The van der Waals surface area contributed by atoms with Gasteiger partial charge in [0.2, 0.25) is 5.91 Å². The van der Waals surface area contributed by atoms with Crippen molar-refractivity contribution >= 4 is 5.91 Å². The summed E-state index contributed by atoms with van der Waals surface area (Å²) in [6.45, 7) is 7.84. The number of nitrogens with zero attached hydrogens (tertiary/aromatic N) is 2. The third kappa shape index (κ3) is 5.14. The van der Waals surface area contributed by atoms with Crippen LogP contribution in [0.2, 0.25) is 0 Å². The Morgan fingerprint density at radius 3 is 2.96 bits per heavy atom. The number of carbonyl (C=O) groups excluding carboxylic acids is 1. The highest BCUT2D eigenvalue weighted by molar-refractivity contribution is 5.78. The van der Waals surface area contributed by atoms with E-state index in [-0.39, 0.29) is 17.9 Å². The summed E-state index contributed by atoms with van der Waals surface area (Å²) in [5.74, 6) is 0.907. The second-order valence-electron chi connectivity index (χ2n) is 6.14. The zero-order valence-electron chi connectivity index (χ0n) is 14.1. The van der Waals surface area contributed by atoms with Gasteiger partial charge in [0, 0.05) is 38.0 Å². The average molecular weight is 322 g/mol. The van der Waals surface area contributed by atoms with Gasteiger partial charge in [0.15, 0.2) is 0 Å². The van der Waals surface area contributed by atoms with Crippen molar-refractivity contribution in [1.82, 2.24) is 20.2 Å². The van der Waals surface area contributed by atoms with Crippen LogP contribution in [0.1, 0.15) is 23.5 Å². The van der Waals surface area contributed by atoms with Crippen LogP contribution in [-0.2, 0) is 16.0 Å². The summed E-state index contributed by atoms with van der Waals surface area (Å²) in [6, 6.07) is 0. The van der Waals surface area contributed by atoms with Crippen molar-refractivity contribution in [3.63, 3.8) is 0 Å². The van der Waals surface area contributed by atoms with E-state index in [9.17, 15) is 9.59 Å². The second-order valence-corrected chi connectivity index (χ2v) is 6.14. The molecule has 0 saturated carbocycles. The van der Waals surface area contributed by atoms with E-state index < -0.39 is 0 Å². The lowest BCUT2D eigenvalue weighted by Gasteiger charge is -2.15. The van der Waals surface area contributed by atoms with Crippen LogP contribution in [0.4, 0.5) is 0 Å². The van der Waals surface area contributed by atoms with Gasteiger partial charge in [-0.2, -0.15) is 0 Å². The molecule has 2 N–H and O–H groups in total. The number of aryl methyl sites for hydroxylation is 2. The van der Waals surface area contributed by atoms with Gasteiger partial charge in [0.25, 0.3) is 5.56 Å². The van der Waals surface area contributed by atoms with Crippen LogP contribution in [0.5, 0.6) is 0 Å². The number of rotatable bonds is 7. The van der Waals surface area contributed by atoms with Gasteiger partial charge in [-0.15, -0.1) is 0 Å². The fourth-order valence-electron chi connectivity index (χ4n) is 2.94. The predicted octanol–water partition coefficient (Wildman–Crippen LogP) is 0.0137. The van der Waals surface area contributed by atoms with E-state index in [4.69, 9.17) is 4.74 Å². The summed E-state index contributed by atoms with van der Waals surface area (Å²) < 4.78 is 5.08. The molecule has 23 heavy (non-hydrogen) atoms. The van der Waals surface area contributed by atoms with Crippen LogP contribution in [0, 0.1) is 19.8 Å². The summed E-state index contributed by atoms with van der Waals surface area (Å²) in [7, 11) is 1.71. The molecular formula is C16H26N4O3. The number of carbonyl (C=O) groups is 1. The number of hydrogen-bond acceptors (Lipinski definition) is 5. The van der Waals surface area contributed by atoms with Crippen LogP contribution >= 0.6 is 0 Å². The van der Waals surface area contributed by atoms with Crippen LogP contribution in [0.15, 0.2) is 4.79 Å². The molecule has 0 aliphatic carbocycles. The molecular weight excluding hydrogens is 296 g/mol. The van der Waals surface area contributed by atoms with E-state index in [0.717, 1.165) is 32.7 Å². The van der Waals surface area contributed by atoms with Gasteiger partial charge in [-0.3, -0.25) is 9.59 Å². The molecule has 1 saturated heterocycles. The van der Waals surface area contributed by atoms with Crippen molar-refractivity contribution in [3.05, 3.63) is 27.4 Å². The first-order valence-corrected chi connectivity index (χ1v) is 8.04. The van der Waals surface area contributed by atoms with Gasteiger partial charge < -0.3 is 19.9 Å². The minimum Gasteiger partial charge on any atom is -0.383 e. The Morgan fingerprint density at radius 1 is 1.48 bits per heavy atom. The van der Waals surface area contributed by atoms with Gasteiger partial charge in [-0.05, 0) is 32.7 Å². The topological polar surface area (TPSA) is 87.3 Å². The largest absolute Gasteiger partial charge is 0.383 e. The SMILES string of the molecule is COCCN1CCC(CNC(=O)Cc2c(C)nc(C)[nH]c2=O)C1. The highest BCUT2D eigenvalue weighted by atomic mass is 16.5. The first kappa shape index (κ1) is 17.6. The van der Waals surface area contributed by atoms with Crippen molar-refractivity contribution in [2.45, 2.75) is 26.7 Å². The maximum Gasteiger partial charge on any atom is 0.254 e. The van der Waals surface area contributed by atoms with Gasteiger partial charge in [0.1, 0.15) is 5.82 Å². The van der Waals surface area contributed by atoms with E-state index >= 15 is 0 Å². The lowest BCUT2D eigenvalue weighted by molar-refractivity contribution is -0.120. The van der Waals surface area contributed by atoms with Crippen LogP contribution in [0.25, 0.3) is 0 Å². The second kappa shape index (κ2) is 8.21. The molecule has 1 aromatic heterocycles. The average Bonchev–Trinajstić information content (AvgIpc) is 2.94. The highest BCUT2D eigenvalue weighted by Gasteiger charge is 2.22. The van der Waals surface area contributed by atoms with E-state index in [2.05, 4.69) is 20.2 Å². The molecule has 0 radical (unpaired) electrons. The number of ether oxygens (including phenoxy) is 1. The number of aromatic nitrogens is 2.